The number of hydrogen-bond acceptors (Lipinski definition) is 6. The summed E-state index contributed by atoms with van der Waals surface area (Å²) in [6.45, 7) is -1.09. The molecule has 1 atom stereocenters. The Morgan fingerprint density at radius 3 is 2.65 bits per heavy atom. The van der Waals surface area contributed by atoms with E-state index in [1.54, 1.807) is 18.2 Å². The molecule has 9 nitrogen and oxygen atoms in total. The largest absolute Gasteiger partial charge is 0.405 e. The number of urea groups is 1. The maximum atomic E-state index is 13.1. The van der Waals surface area contributed by atoms with Crippen LogP contribution in [0.15, 0.2) is 53.7 Å². The second kappa shape index (κ2) is 8.86. The van der Waals surface area contributed by atoms with Crippen LogP contribution in [0.2, 0.25) is 0 Å². The number of anilines is 1. The van der Waals surface area contributed by atoms with Gasteiger partial charge in [-0.1, -0.05) is 18.2 Å². The molecule has 1 fully saturated rings. The van der Waals surface area contributed by atoms with E-state index in [2.05, 4.69) is 10.3 Å². The highest BCUT2D eigenvalue weighted by molar-refractivity contribution is 7.90. The third-order valence-corrected chi connectivity index (χ3v) is 7.05. The summed E-state index contributed by atoms with van der Waals surface area (Å²) in [6.07, 6.45) is -1.48. The van der Waals surface area contributed by atoms with Crippen molar-refractivity contribution in [2.45, 2.75) is 23.5 Å². The molecule has 34 heavy (non-hydrogen) atoms. The van der Waals surface area contributed by atoms with Gasteiger partial charge in [-0.25, -0.2) is 22.2 Å². The van der Waals surface area contributed by atoms with E-state index in [0.29, 0.717) is 17.5 Å². The molecule has 2 aromatic heterocycles. The standard InChI is InChI=1S/C21H19F3N6O3S/c22-21(23,24)13-27-20(31)29-8-6-15(12-29)28-18-14(10-25)11-26-19-17(18)7-9-30(19)34(32,33)16-4-2-1-3-5-16/h1-5,7,9,11,15H,6,8,12-13H2,(H,26,28)(H,27,31). The molecule has 3 heterocycles. The van der Waals surface area contributed by atoms with Gasteiger partial charge in [-0.2, -0.15) is 18.4 Å². The van der Waals surface area contributed by atoms with Crippen LogP contribution in [0.5, 0.6) is 0 Å². The molecular weight excluding hydrogens is 473 g/mol. The van der Waals surface area contributed by atoms with Gasteiger partial charge in [0, 0.05) is 36.9 Å². The first-order valence-corrected chi connectivity index (χ1v) is 11.6. The van der Waals surface area contributed by atoms with Crippen LogP contribution in [0, 0.1) is 11.3 Å². The highest BCUT2D eigenvalue weighted by Crippen LogP contribution is 2.30. The van der Waals surface area contributed by atoms with Gasteiger partial charge in [0.15, 0.2) is 5.65 Å². The van der Waals surface area contributed by atoms with Gasteiger partial charge in [-0.3, -0.25) is 0 Å². The molecular formula is C21H19F3N6O3S. The molecule has 1 aromatic carbocycles. The fourth-order valence-corrected chi connectivity index (χ4v) is 5.08. The number of likely N-dealkylation sites (tertiary alicyclic amines) is 1. The average Bonchev–Trinajstić information content (AvgIpc) is 3.45. The van der Waals surface area contributed by atoms with Crippen LogP contribution in [0.25, 0.3) is 11.0 Å². The van der Waals surface area contributed by atoms with Crippen molar-refractivity contribution in [2.24, 2.45) is 0 Å². The molecule has 1 unspecified atom stereocenters. The maximum Gasteiger partial charge on any atom is 0.405 e. The molecule has 2 amide bonds. The van der Waals surface area contributed by atoms with E-state index < -0.39 is 28.8 Å². The highest BCUT2D eigenvalue weighted by Gasteiger charge is 2.32. The van der Waals surface area contributed by atoms with Crippen LogP contribution in [0.3, 0.4) is 0 Å². The number of nitrogens with one attached hydrogen (secondary N) is 2. The first-order chi connectivity index (χ1) is 16.1. The Labute approximate surface area is 192 Å². The summed E-state index contributed by atoms with van der Waals surface area (Å²) in [5.74, 6) is 0. The molecule has 3 aromatic rings. The summed E-state index contributed by atoms with van der Waals surface area (Å²) in [4.78, 5) is 17.5. The summed E-state index contributed by atoms with van der Waals surface area (Å²) in [5, 5.41) is 14.9. The van der Waals surface area contributed by atoms with Crippen molar-refractivity contribution in [3.05, 3.63) is 54.4 Å². The minimum Gasteiger partial charge on any atom is -0.379 e. The van der Waals surface area contributed by atoms with Crippen LogP contribution in [-0.4, -0.2) is 60.2 Å². The number of nitriles is 1. The predicted octanol–water partition coefficient (Wildman–Crippen LogP) is 2.90. The lowest BCUT2D eigenvalue weighted by atomic mass is 10.1. The molecule has 2 N–H and O–H groups in total. The topological polar surface area (TPSA) is 120 Å². The third kappa shape index (κ3) is 4.62. The van der Waals surface area contributed by atoms with Crippen LogP contribution in [0.4, 0.5) is 23.7 Å². The molecule has 0 aliphatic carbocycles. The molecule has 4 rings (SSSR count). The van der Waals surface area contributed by atoms with Gasteiger partial charge in [0.1, 0.15) is 12.6 Å². The smallest absolute Gasteiger partial charge is 0.379 e. The first-order valence-electron chi connectivity index (χ1n) is 10.2. The average molecular weight is 492 g/mol. The van der Waals surface area contributed by atoms with Crippen LogP contribution >= 0.6 is 0 Å². The molecule has 178 valence electrons. The van der Waals surface area contributed by atoms with E-state index in [1.807, 2.05) is 11.4 Å². The fraction of sp³-hybridized carbons (Fsp3) is 0.286. The Morgan fingerprint density at radius 1 is 1.24 bits per heavy atom. The van der Waals surface area contributed by atoms with Gasteiger partial charge < -0.3 is 15.5 Å². The second-order valence-corrected chi connectivity index (χ2v) is 9.49. The number of aromatic nitrogens is 2. The van der Waals surface area contributed by atoms with Crippen molar-refractivity contribution in [3.63, 3.8) is 0 Å². The minimum absolute atomic E-state index is 0.0736. The lowest BCUT2D eigenvalue weighted by molar-refractivity contribution is -0.123. The number of carbonyl (C=O) groups excluding carboxylic acids is 1. The zero-order valence-electron chi connectivity index (χ0n) is 17.6. The highest BCUT2D eigenvalue weighted by atomic mass is 32.2. The number of alkyl halides is 3. The normalized spacial score (nSPS) is 16.4. The van der Waals surface area contributed by atoms with Crippen LogP contribution in [0.1, 0.15) is 12.0 Å². The van der Waals surface area contributed by atoms with Gasteiger partial charge in [-0.05, 0) is 24.6 Å². The van der Waals surface area contributed by atoms with Crippen LogP contribution < -0.4 is 10.6 Å². The fourth-order valence-electron chi connectivity index (χ4n) is 3.76. The van der Waals surface area contributed by atoms with Crippen LogP contribution in [-0.2, 0) is 10.0 Å². The number of amides is 2. The number of rotatable bonds is 5. The monoisotopic (exact) mass is 492 g/mol. The van der Waals surface area contributed by atoms with Gasteiger partial charge in [0.25, 0.3) is 10.0 Å². The summed E-state index contributed by atoms with van der Waals surface area (Å²) < 4.78 is 64.3. The Hall–Kier alpha value is -3.79. The van der Waals surface area contributed by atoms with Gasteiger partial charge in [-0.15, -0.1) is 0 Å². The Kier molecular flexibility index (Phi) is 6.09. The Balaban J connectivity index is 1.59. The lowest BCUT2D eigenvalue weighted by Gasteiger charge is -2.19. The van der Waals surface area contributed by atoms with Crippen molar-refractivity contribution in [3.8, 4) is 6.07 Å². The second-order valence-electron chi connectivity index (χ2n) is 7.68. The van der Waals surface area contributed by atoms with Crippen molar-refractivity contribution < 1.29 is 26.4 Å². The summed E-state index contributed by atoms with van der Waals surface area (Å²) >= 11 is 0. The molecule has 0 radical (unpaired) electrons. The van der Waals surface area contributed by atoms with E-state index in [-0.39, 0.29) is 35.2 Å². The van der Waals surface area contributed by atoms with E-state index in [0.717, 1.165) is 3.97 Å². The number of hydrogen-bond donors (Lipinski definition) is 2. The number of pyridine rings is 1. The molecule has 0 bridgehead atoms. The van der Waals surface area contributed by atoms with Gasteiger partial charge >= 0.3 is 12.2 Å². The zero-order valence-corrected chi connectivity index (χ0v) is 18.4. The number of benzene rings is 1. The van der Waals surface area contributed by atoms with E-state index in [1.165, 1.54) is 35.5 Å². The molecule has 1 aliphatic rings. The summed E-state index contributed by atoms with van der Waals surface area (Å²) in [6, 6.07) is 10.2. The van der Waals surface area contributed by atoms with Crippen molar-refractivity contribution >= 4 is 32.8 Å². The van der Waals surface area contributed by atoms with E-state index in [4.69, 9.17) is 0 Å². The number of carbonyl (C=O) groups is 1. The Bertz CT molecular complexity index is 1370. The molecule has 0 saturated carbocycles. The maximum absolute atomic E-state index is 13.1. The SMILES string of the molecule is N#Cc1cnc2c(ccn2S(=O)(=O)c2ccccc2)c1NC1CCN(C(=O)NCC(F)(F)F)C1. The number of fused-ring (bicyclic) bond motifs is 1. The van der Waals surface area contributed by atoms with Gasteiger partial charge in [0.2, 0.25) is 0 Å². The molecule has 1 aliphatic heterocycles. The molecule has 0 spiro atoms. The third-order valence-electron chi connectivity index (χ3n) is 5.37. The Morgan fingerprint density at radius 2 is 1.97 bits per heavy atom. The first kappa shape index (κ1) is 23.4. The van der Waals surface area contributed by atoms with Gasteiger partial charge in [0.05, 0.1) is 16.1 Å². The predicted molar refractivity (Wildman–Crippen MR) is 117 cm³/mol. The zero-order chi connectivity index (χ0) is 24.5. The van der Waals surface area contributed by atoms with Crippen molar-refractivity contribution in [1.82, 2.24) is 19.2 Å². The lowest BCUT2D eigenvalue weighted by Crippen LogP contribution is -2.43. The molecule has 1 saturated heterocycles. The minimum atomic E-state index is -4.51. The van der Waals surface area contributed by atoms with E-state index in [9.17, 15) is 31.6 Å². The number of nitrogens with zero attached hydrogens (tertiary/aromatic N) is 4. The number of halogens is 3. The van der Waals surface area contributed by atoms with Crippen molar-refractivity contribution in [1.29, 1.82) is 5.26 Å². The van der Waals surface area contributed by atoms with Crippen molar-refractivity contribution in [2.75, 3.05) is 25.0 Å². The van der Waals surface area contributed by atoms with E-state index >= 15 is 0 Å². The summed E-state index contributed by atoms with van der Waals surface area (Å²) in [7, 11) is -3.93. The summed E-state index contributed by atoms with van der Waals surface area (Å²) in [5.41, 5.74) is 0.627. The quantitative estimate of drug-likeness (QED) is 0.565. The molecule has 13 heteroatoms.